The molecule has 0 atom stereocenters. The zero-order valence-corrected chi connectivity index (χ0v) is 10.8. The molecule has 94 valence electrons. The number of halogens is 1. The van der Waals surface area contributed by atoms with Gasteiger partial charge in [0.05, 0.1) is 18.7 Å². The van der Waals surface area contributed by atoms with E-state index in [4.69, 9.17) is 21.6 Å². The molecule has 0 saturated carbocycles. The number of benzene rings is 1. The SMILES string of the molecule is CCOc1c(Cl)cccc1/C=C(/C#N)C(=O)OC. The molecule has 0 fully saturated rings. The number of ether oxygens (including phenoxy) is 2. The summed E-state index contributed by atoms with van der Waals surface area (Å²) < 4.78 is 9.89. The standard InChI is InChI=1S/C13H12ClNO3/c1-3-18-12-9(5-4-6-11(12)14)7-10(8-15)13(16)17-2/h4-7H,3H2,1-2H3/b10-7-. The van der Waals surface area contributed by atoms with Crippen LogP contribution in [0, 0.1) is 11.3 Å². The van der Waals surface area contributed by atoms with Crippen LogP contribution in [0.2, 0.25) is 5.02 Å². The molecule has 1 aromatic rings. The second-order valence-corrected chi connectivity index (χ2v) is 3.66. The van der Waals surface area contributed by atoms with Gasteiger partial charge in [-0.1, -0.05) is 23.7 Å². The van der Waals surface area contributed by atoms with Crippen molar-refractivity contribution in [1.29, 1.82) is 5.26 Å². The van der Waals surface area contributed by atoms with Gasteiger partial charge in [-0.2, -0.15) is 5.26 Å². The summed E-state index contributed by atoms with van der Waals surface area (Å²) in [5, 5.41) is 9.31. The van der Waals surface area contributed by atoms with Gasteiger partial charge in [-0.3, -0.25) is 0 Å². The molecule has 18 heavy (non-hydrogen) atoms. The van der Waals surface area contributed by atoms with Crippen molar-refractivity contribution in [2.75, 3.05) is 13.7 Å². The van der Waals surface area contributed by atoms with E-state index in [1.54, 1.807) is 24.3 Å². The van der Waals surface area contributed by atoms with Gasteiger partial charge in [0, 0.05) is 5.56 Å². The number of hydrogen-bond acceptors (Lipinski definition) is 4. The summed E-state index contributed by atoms with van der Waals surface area (Å²) in [6, 6.07) is 6.87. The van der Waals surface area contributed by atoms with Crippen molar-refractivity contribution in [3.8, 4) is 11.8 Å². The predicted octanol–water partition coefficient (Wildman–Crippen LogP) is 2.82. The molecule has 0 aliphatic rings. The van der Waals surface area contributed by atoms with Gasteiger partial charge in [-0.15, -0.1) is 0 Å². The third kappa shape index (κ3) is 3.25. The van der Waals surface area contributed by atoms with E-state index in [-0.39, 0.29) is 5.57 Å². The zero-order chi connectivity index (χ0) is 13.5. The molecule has 4 nitrogen and oxygen atoms in total. The van der Waals surface area contributed by atoms with Crippen molar-refractivity contribution in [3.63, 3.8) is 0 Å². The normalized spacial score (nSPS) is 10.7. The molecule has 0 aromatic heterocycles. The average Bonchev–Trinajstić information content (AvgIpc) is 2.38. The molecule has 5 heteroatoms. The summed E-state index contributed by atoms with van der Waals surface area (Å²) in [4.78, 5) is 11.3. The fourth-order valence-electron chi connectivity index (χ4n) is 1.34. The zero-order valence-electron chi connectivity index (χ0n) is 10.1. The maximum absolute atomic E-state index is 11.3. The first kappa shape index (κ1) is 14.1. The molecule has 0 saturated heterocycles. The van der Waals surface area contributed by atoms with Crippen molar-refractivity contribution in [3.05, 3.63) is 34.4 Å². The van der Waals surface area contributed by atoms with Crippen LogP contribution in [0.25, 0.3) is 6.08 Å². The number of esters is 1. The molecule has 0 N–H and O–H groups in total. The third-order valence-electron chi connectivity index (χ3n) is 2.11. The lowest BCUT2D eigenvalue weighted by molar-refractivity contribution is -0.135. The Labute approximate surface area is 110 Å². The van der Waals surface area contributed by atoms with Crippen LogP contribution in [0.4, 0.5) is 0 Å². The molecule has 0 amide bonds. The Hall–Kier alpha value is -1.99. The quantitative estimate of drug-likeness (QED) is 0.477. The number of nitriles is 1. The van der Waals surface area contributed by atoms with Gasteiger partial charge < -0.3 is 9.47 Å². The number of rotatable bonds is 4. The first-order valence-corrected chi connectivity index (χ1v) is 5.63. The average molecular weight is 266 g/mol. The molecule has 0 radical (unpaired) electrons. The van der Waals surface area contributed by atoms with Crippen LogP contribution in [-0.4, -0.2) is 19.7 Å². The second-order valence-electron chi connectivity index (χ2n) is 3.25. The van der Waals surface area contributed by atoms with E-state index in [1.165, 1.54) is 13.2 Å². The van der Waals surface area contributed by atoms with E-state index in [0.717, 1.165) is 0 Å². The van der Waals surface area contributed by atoms with Gasteiger partial charge in [0.1, 0.15) is 17.4 Å². The Balaban J connectivity index is 3.25. The van der Waals surface area contributed by atoms with Gasteiger partial charge in [0.15, 0.2) is 0 Å². The molecule has 0 spiro atoms. The van der Waals surface area contributed by atoms with Crippen LogP contribution in [0.5, 0.6) is 5.75 Å². The largest absolute Gasteiger partial charge is 0.492 e. The summed E-state index contributed by atoms with van der Waals surface area (Å²) in [5.74, 6) is -0.252. The van der Waals surface area contributed by atoms with E-state index in [2.05, 4.69) is 4.74 Å². The number of hydrogen-bond donors (Lipinski definition) is 0. The van der Waals surface area contributed by atoms with Gasteiger partial charge >= 0.3 is 5.97 Å². The Kier molecular flexibility index (Phi) is 5.22. The van der Waals surface area contributed by atoms with Gasteiger partial charge in [0.25, 0.3) is 0 Å². The van der Waals surface area contributed by atoms with Crippen molar-refractivity contribution >= 4 is 23.6 Å². The van der Waals surface area contributed by atoms with Gasteiger partial charge in [-0.25, -0.2) is 4.79 Å². The lowest BCUT2D eigenvalue weighted by Crippen LogP contribution is -2.03. The van der Waals surface area contributed by atoms with Crippen LogP contribution in [0.1, 0.15) is 12.5 Å². The maximum Gasteiger partial charge on any atom is 0.348 e. The van der Waals surface area contributed by atoms with Crippen LogP contribution in [-0.2, 0) is 9.53 Å². The minimum atomic E-state index is -0.695. The highest BCUT2D eigenvalue weighted by Crippen LogP contribution is 2.30. The first-order valence-electron chi connectivity index (χ1n) is 5.25. The molecule has 0 bridgehead atoms. The Morgan fingerprint density at radius 1 is 1.56 bits per heavy atom. The lowest BCUT2D eigenvalue weighted by atomic mass is 10.1. The smallest absolute Gasteiger partial charge is 0.348 e. The number of carbonyl (C=O) groups excluding carboxylic acids is 1. The molecule has 0 unspecified atom stereocenters. The monoisotopic (exact) mass is 265 g/mol. The minimum absolute atomic E-state index is 0.110. The van der Waals surface area contributed by atoms with Crippen LogP contribution in [0.15, 0.2) is 23.8 Å². The Morgan fingerprint density at radius 3 is 2.83 bits per heavy atom. The highest BCUT2D eigenvalue weighted by molar-refractivity contribution is 6.32. The molecule has 1 aromatic carbocycles. The summed E-state index contributed by atoms with van der Waals surface area (Å²) in [7, 11) is 1.22. The van der Waals surface area contributed by atoms with Gasteiger partial charge in [-0.05, 0) is 19.1 Å². The highest BCUT2D eigenvalue weighted by atomic mass is 35.5. The van der Waals surface area contributed by atoms with Crippen molar-refractivity contribution in [2.45, 2.75) is 6.92 Å². The number of methoxy groups -OCH3 is 1. The fraction of sp³-hybridized carbons (Fsp3) is 0.231. The van der Waals surface area contributed by atoms with E-state index in [0.29, 0.717) is 22.9 Å². The summed E-state index contributed by atoms with van der Waals surface area (Å²) in [6.07, 6.45) is 1.39. The van der Waals surface area contributed by atoms with Crippen molar-refractivity contribution < 1.29 is 14.3 Å². The van der Waals surface area contributed by atoms with E-state index in [1.807, 2.05) is 6.92 Å². The predicted molar refractivity (Wildman–Crippen MR) is 68.2 cm³/mol. The summed E-state index contributed by atoms with van der Waals surface area (Å²) in [6.45, 7) is 2.26. The lowest BCUT2D eigenvalue weighted by Gasteiger charge is -2.09. The van der Waals surface area contributed by atoms with Gasteiger partial charge in [0.2, 0.25) is 0 Å². The van der Waals surface area contributed by atoms with Crippen LogP contribution < -0.4 is 4.74 Å². The van der Waals surface area contributed by atoms with Crippen LogP contribution in [0.3, 0.4) is 0 Å². The Morgan fingerprint density at radius 2 is 2.28 bits per heavy atom. The number of para-hydroxylation sites is 1. The highest BCUT2D eigenvalue weighted by Gasteiger charge is 2.12. The summed E-state index contributed by atoms with van der Waals surface area (Å²) >= 11 is 5.99. The fourth-order valence-corrected chi connectivity index (χ4v) is 1.57. The molecule has 0 aliphatic carbocycles. The van der Waals surface area contributed by atoms with Crippen molar-refractivity contribution in [2.24, 2.45) is 0 Å². The number of carbonyl (C=O) groups is 1. The van der Waals surface area contributed by atoms with Crippen molar-refractivity contribution in [1.82, 2.24) is 0 Å². The number of nitrogens with zero attached hydrogens (tertiary/aromatic N) is 1. The molecule has 1 rings (SSSR count). The minimum Gasteiger partial charge on any atom is -0.492 e. The van der Waals surface area contributed by atoms with E-state index >= 15 is 0 Å². The topological polar surface area (TPSA) is 59.3 Å². The summed E-state index contributed by atoms with van der Waals surface area (Å²) in [5.41, 5.74) is 0.451. The third-order valence-corrected chi connectivity index (χ3v) is 2.41. The Bertz CT molecular complexity index is 517. The molecular weight excluding hydrogens is 254 g/mol. The molecule has 0 aliphatic heterocycles. The molecular formula is C13H12ClNO3. The molecule has 0 heterocycles. The second kappa shape index (κ2) is 6.67. The van der Waals surface area contributed by atoms with E-state index in [9.17, 15) is 4.79 Å². The van der Waals surface area contributed by atoms with E-state index < -0.39 is 5.97 Å². The van der Waals surface area contributed by atoms with Crippen LogP contribution >= 0.6 is 11.6 Å². The maximum atomic E-state index is 11.3. The first-order chi connectivity index (χ1) is 8.63.